The first-order valence-electron chi connectivity index (χ1n) is 10.2. The minimum absolute atomic E-state index is 0.195. The van der Waals surface area contributed by atoms with E-state index in [0.29, 0.717) is 23.1 Å². The number of hydrogen-bond donors (Lipinski definition) is 0. The van der Waals surface area contributed by atoms with E-state index in [1.54, 1.807) is 46.3 Å². The summed E-state index contributed by atoms with van der Waals surface area (Å²) in [6.07, 6.45) is 0.890. The number of hydrogen-bond acceptors (Lipinski definition) is 7. The maximum absolute atomic E-state index is 13.0. The Kier molecular flexibility index (Phi) is 7.63. The molecule has 5 nitrogen and oxygen atoms in total. The van der Waals surface area contributed by atoms with Gasteiger partial charge in [-0.05, 0) is 30.2 Å². The molecule has 2 aromatic rings. The first-order chi connectivity index (χ1) is 15.1. The summed E-state index contributed by atoms with van der Waals surface area (Å²) in [4.78, 5) is 33.0. The van der Waals surface area contributed by atoms with Crippen molar-refractivity contribution in [3.63, 3.8) is 0 Å². The van der Waals surface area contributed by atoms with Crippen molar-refractivity contribution in [3.05, 3.63) is 59.7 Å². The third-order valence-electron chi connectivity index (χ3n) is 5.02. The predicted molar refractivity (Wildman–Crippen MR) is 132 cm³/mol. The fourth-order valence-electron chi connectivity index (χ4n) is 3.42. The van der Waals surface area contributed by atoms with Gasteiger partial charge in [0, 0.05) is 28.2 Å². The molecule has 0 aromatic heterocycles. The van der Waals surface area contributed by atoms with Crippen LogP contribution < -0.4 is 4.90 Å². The van der Waals surface area contributed by atoms with Crippen LogP contribution in [0.1, 0.15) is 29.3 Å². The van der Waals surface area contributed by atoms with Crippen LogP contribution in [0.15, 0.2) is 58.4 Å². The van der Waals surface area contributed by atoms with Gasteiger partial charge in [0.15, 0.2) is 6.61 Å². The van der Waals surface area contributed by atoms with E-state index in [4.69, 9.17) is 4.74 Å². The molecule has 8 heteroatoms. The van der Waals surface area contributed by atoms with Crippen molar-refractivity contribution in [1.29, 1.82) is 0 Å². The van der Waals surface area contributed by atoms with Gasteiger partial charge in [-0.3, -0.25) is 9.79 Å². The van der Waals surface area contributed by atoms with Crippen LogP contribution in [0.3, 0.4) is 0 Å². The Bertz CT molecular complexity index is 996. The molecule has 1 atom stereocenters. The monoisotopic (exact) mass is 472 g/mol. The smallest absolute Gasteiger partial charge is 0.338 e. The molecule has 2 aromatic carbocycles. The lowest BCUT2D eigenvalue weighted by Crippen LogP contribution is -2.35. The number of thioether (sulfide) groups is 3. The number of benzene rings is 2. The second kappa shape index (κ2) is 10.6. The van der Waals surface area contributed by atoms with Gasteiger partial charge in [0.1, 0.15) is 4.38 Å². The van der Waals surface area contributed by atoms with Crippen LogP contribution in [0.2, 0.25) is 0 Å². The molecule has 2 aliphatic rings. The van der Waals surface area contributed by atoms with Gasteiger partial charge in [-0.1, -0.05) is 60.8 Å². The molecule has 4 rings (SSSR count). The first-order valence-corrected chi connectivity index (χ1v) is 13.1. The highest BCUT2D eigenvalue weighted by molar-refractivity contribution is 8.38. The SMILES string of the molecule is C[C@H]1CCN(C(=O)COC(=O)c2ccccc2CSC2=NCCS2)c2ccccc2S1. The molecule has 0 fully saturated rings. The minimum Gasteiger partial charge on any atom is -0.452 e. The van der Waals surface area contributed by atoms with E-state index in [1.165, 1.54) is 0 Å². The molecular weight excluding hydrogens is 448 g/mol. The van der Waals surface area contributed by atoms with Gasteiger partial charge in [-0.25, -0.2) is 4.79 Å². The fourth-order valence-corrected chi connectivity index (χ4v) is 6.54. The molecule has 0 saturated carbocycles. The molecule has 0 radical (unpaired) electrons. The zero-order valence-corrected chi connectivity index (χ0v) is 19.7. The number of anilines is 1. The molecule has 0 aliphatic carbocycles. The van der Waals surface area contributed by atoms with E-state index >= 15 is 0 Å². The van der Waals surface area contributed by atoms with Crippen molar-refractivity contribution in [2.24, 2.45) is 4.99 Å². The van der Waals surface area contributed by atoms with Crippen molar-refractivity contribution in [2.75, 3.05) is 30.3 Å². The first kappa shape index (κ1) is 22.3. The summed E-state index contributed by atoms with van der Waals surface area (Å²) in [5.41, 5.74) is 2.29. The van der Waals surface area contributed by atoms with Crippen LogP contribution in [0.4, 0.5) is 5.69 Å². The lowest BCUT2D eigenvalue weighted by molar-refractivity contribution is -0.121. The second-order valence-electron chi connectivity index (χ2n) is 7.25. The van der Waals surface area contributed by atoms with Crippen LogP contribution in [0.25, 0.3) is 0 Å². The normalized spacial score (nSPS) is 18.2. The summed E-state index contributed by atoms with van der Waals surface area (Å²) < 4.78 is 6.52. The topological polar surface area (TPSA) is 59.0 Å². The number of carbonyl (C=O) groups excluding carboxylic acids is 2. The zero-order chi connectivity index (χ0) is 21.6. The van der Waals surface area contributed by atoms with E-state index in [-0.39, 0.29) is 12.5 Å². The van der Waals surface area contributed by atoms with Crippen LogP contribution in [-0.4, -0.2) is 47.0 Å². The number of nitrogens with zero attached hydrogens (tertiary/aromatic N) is 2. The lowest BCUT2D eigenvalue weighted by Gasteiger charge is -2.22. The van der Waals surface area contributed by atoms with Gasteiger partial charge in [0.05, 0.1) is 17.8 Å². The summed E-state index contributed by atoms with van der Waals surface area (Å²) in [5, 5.41) is 0.425. The molecule has 0 N–H and O–H groups in total. The molecule has 2 aliphatic heterocycles. The second-order valence-corrected chi connectivity index (χ2v) is 11.0. The van der Waals surface area contributed by atoms with Crippen LogP contribution >= 0.6 is 35.3 Å². The maximum atomic E-state index is 13.0. The van der Waals surface area contributed by atoms with Gasteiger partial charge in [0.25, 0.3) is 5.91 Å². The molecule has 0 bridgehead atoms. The van der Waals surface area contributed by atoms with Crippen LogP contribution in [0, 0.1) is 0 Å². The van der Waals surface area contributed by atoms with Gasteiger partial charge >= 0.3 is 5.97 Å². The standard InChI is InChI=1S/C23H24N2O3S3/c1-16-10-12-25(19-8-4-5-9-20(19)31-16)21(26)14-28-22(27)18-7-3-2-6-17(18)15-30-23-24-11-13-29-23/h2-9,16H,10-15H2,1H3/t16-/m0/s1. The fraction of sp³-hybridized carbons (Fsp3) is 0.348. The third kappa shape index (κ3) is 5.67. The molecule has 0 unspecified atom stereocenters. The largest absolute Gasteiger partial charge is 0.452 e. The van der Waals surface area contributed by atoms with Crippen molar-refractivity contribution in [3.8, 4) is 0 Å². The van der Waals surface area contributed by atoms with Crippen LogP contribution in [0.5, 0.6) is 0 Å². The number of carbonyl (C=O) groups is 2. The van der Waals surface area contributed by atoms with Gasteiger partial charge in [-0.15, -0.1) is 11.8 Å². The van der Waals surface area contributed by atoms with Gasteiger partial charge in [0.2, 0.25) is 0 Å². The molecule has 2 heterocycles. The van der Waals surface area contributed by atoms with E-state index in [1.807, 2.05) is 42.5 Å². The Balaban J connectivity index is 1.40. The Labute approximate surface area is 195 Å². The summed E-state index contributed by atoms with van der Waals surface area (Å²) >= 11 is 5.16. The predicted octanol–water partition coefficient (Wildman–Crippen LogP) is 5.10. The highest BCUT2D eigenvalue weighted by Crippen LogP contribution is 2.37. The van der Waals surface area contributed by atoms with Crippen molar-refractivity contribution >= 4 is 57.2 Å². The Morgan fingerprint density at radius 3 is 2.84 bits per heavy atom. The number of ether oxygens (including phenoxy) is 1. The van der Waals surface area contributed by atoms with Crippen molar-refractivity contribution in [1.82, 2.24) is 0 Å². The van der Waals surface area contributed by atoms with Crippen molar-refractivity contribution < 1.29 is 14.3 Å². The Hall–Kier alpha value is -1.90. The average Bonchev–Trinajstić information content (AvgIpc) is 3.25. The van der Waals surface area contributed by atoms with E-state index in [9.17, 15) is 9.59 Å². The molecule has 162 valence electrons. The zero-order valence-electron chi connectivity index (χ0n) is 17.3. The molecular formula is C23H24N2O3S3. The molecule has 1 amide bonds. The minimum atomic E-state index is -0.462. The molecule has 0 spiro atoms. The van der Waals surface area contributed by atoms with E-state index in [2.05, 4.69) is 11.9 Å². The van der Waals surface area contributed by atoms with E-state index in [0.717, 1.165) is 39.2 Å². The van der Waals surface area contributed by atoms with E-state index < -0.39 is 5.97 Å². The van der Waals surface area contributed by atoms with Crippen LogP contribution in [-0.2, 0) is 15.3 Å². The highest BCUT2D eigenvalue weighted by Gasteiger charge is 2.25. The number of rotatable bonds is 5. The summed E-state index contributed by atoms with van der Waals surface area (Å²) in [5.74, 6) is 1.01. The van der Waals surface area contributed by atoms with Crippen molar-refractivity contribution in [2.45, 2.75) is 29.2 Å². The Morgan fingerprint density at radius 2 is 2.00 bits per heavy atom. The lowest BCUT2D eigenvalue weighted by atomic mass is 10.1. The highest BCUT2D eigenvalue weighted by atomic mass is 32.2. The number of fused-ring (bicyclic) bond motifs is 1. The number of amides is 1. The number of aliphatic imine (C=N–C) groups is 1. The summed E-state index contributed by atoms with van der Waals surface area (Å²) in [7, 11) is 0. The van der Waals surface area contributed by atoms with Gasteiger partial charge in [-0.2, -0.15) is 0 Å². The van der Waals surface area contributed by atoms with Gasteiger partial charge < -0.3 is 9.64 Å². The number of para-hydroxylation sites is 1. The Morgan fingerprint density at radius 1 is 1.19 bits per heavy atom. The maximum Gasteiger partial charge on any atom is 0.338 e. The third-order valence-corrected chi connectivity index (χ3v) is 8.56. The summed E-state index contributed by atoms with van der Waals surface area (Å²) in [6, 6.07) is 15.3. The quantitative estimate of drug-likeness (QED) is 0.565. The number of esters is 1. The molecule has 31 heavy (non-hydrogen) atoms. The average molecular weight is 473 g/mol. The molecule has 0 saturated heterocycles. The summed E-state index contributed by atoms with van der Waals surface area (Å²) in [6.45, 7) is 3.38.